The predicted octanol–water partition coefficient (Wildman–Crippen LogP) is 6.30. The third-order valence-electron chi connectivity index (χ3n) is 5.79. The van der Waals surface area contributed by atoms with Gasteiger partial charge in [0, 0.05) is 17.1 Å². The molecule has 7 heteroatoms. The number of amides is 3. The first-order valence-electron chi connectivity index (χ1n) is 12.0. The molecule has 1 atom stereocenters. The van der Waals surface area contributed by atoms with Crippen molar-refractivity contribution in [3.8, 4) is 0 Å². The number of benzene rings is 3. The number of nitrogens with zero attached hydrogens (tertiary/aromatic N) is 2. The summed E-state index contributed by atoms with van der Waals surface area (Å²) in [5, 5.41) is 8.54. The Labute approximate surface area is 216 Å². The van der Waals surface area contributed by atoms with Gasteiger partial charge in [-0.15, -0.1) is 11.3 Å². The van der Waals surface area contributed by atoms with E-state index in [4.69, 9.17) is 0 Å². The summed E-state index contributed by atoms with van der Waals surface area (Å²) < 4.78 is 0. The number of hydrogen-bond acceptors (Lipinski definition) is 4. The molecule has 0 saturated heterocycles. The summed E-state index contributed by atoms with van der Waals surface area (Å²) in [5.41, 5.74) is 3.27. The number of aromatic nitrogens is 1. The molecule has 2 N–H and O–H groups in total. The van der Waals surface area contributed by atoms with Crippen LogP contribution in [-0.4, -0.2) is 27.9 Å². The molecule has 1 unspecified atom stereocenters. The molecule has 6 nitrogen and oxygen atoms in total. The van der Waals surface area contributed by atoms with E-state index in [2.05, 4.69) is 27.8 Å². The minimum Gasteiger partial charge on any atom is -0.344 e. The first-order valence-corrected chi connectivity index (χ1v) is 12.8. The molecule has 0 radical (unpaired) electrons. The van der Waals surface area contributed by atoms with Crippen LogP contribution >= 0.6 is 11.3 Å². The van der Waals surface area contributed by atoms with Crippen molar-refractivity contribution in [3.05, 3.63) is 118 Å². The number of para-hydroxylation sites is 1. The van der Waals surface area contributed by atoms with E-state index in [1.807, 2.05) is 92.7 Å². The Kier molecular flexibility index (Phi) is 8.47. The number of urea groups is 1. The van der Waals surface area contributed by atoms with E-state index in [1.54, 1.807) is 10.3 Å². The zero-order valence-corrected chi connectivity index (χ0v) is 21.2. The Hall–Kier alpha value is -3.97. The minimum absolute atomic E-state index is 0.0387. The zero-order valence-electron chi connectivity index (χ0n) is 20.4. The molecule has 0 bridgehead atoms. The molecule has 184 valence electrons. The van der Waals surface area contributed by atoms with Crippen molar-refractivity contribution in [2.24, 2.45) is 0 Å². The molecule has 0 saturated carbocycles. The fourth-order valence-corrected chi connectivity index (χ4v) is 4.63. The summed E-state index contributed by atoms with van der Waals surface area (Å²) in [6, 6.07) is 29.0. The number of nitrogens with one attached hydrogen (secondary N) is 2. The van der Waals surface area contributed by atoms with E-state index in [0.29, 0.717) is 23.7 Å². The monoisotopic (exact) mass is 498 g/mol. The lowest BCUT2D eigenvalue weighted by Crippen LogP contribution is -2.39. The number of carbonyl (C=O) groups is 2. The summed E-state index contributed by atoms with van der Waals surface area (Å²) in [4.78, 5) is 32.3. The predicted molar refractivity (Wildman–Crippen MR) is 145 cm³/mol. The minimum atomic E-state index is -0.230. The average molecular weight is 499 g/mol. The first-order chi connectivity index (χ1) is 17.5. The smallest absolute Gasteiger partial charge is 0.322 e. The van der Waals surface area contributed by atoms with Crippen molar-refractivity contribution in [2.45, 2.75) is 38.9 Å². The number of carbonyl (C=O) groups excluding carboxylic acids is 2. The lowest BCUT2D eigenvalue weighted by molar-refractivity contribution is 0.0932. The van der Waals surface area contributed by atoms with Crippen LogP contribution in [0.3, 0.4) is 0 Å². The highest BCUT2D eigenvalue weighted by Crippen LogP contribution is 2.21. The molecule has 4 rings (SSSR count). The zero-order chi connectivity index (χ0) is 25.3. The largest absolute Gasteiger partial charge is 0.344 e. The van der Waals surface area contributed by atoms with Crippen LogP contribution in [0.15, 0.2) is 96.4 Å². The van der Waals surface area contributed by atoms with Gasteiger partial charge < -0.3 is 15.5 Å². The standard InChI is InChI=1S/C29H30N4O2S/c1-21(2)33(29(35)30-24-16-10-5-11-17-24)19-27-31-26(20-36-27)28(34)32-25(23-14-8-4-9-15-23)18-22-12-6-3-7-13-22/h3-17,20-21,25H,18-19H2,1-2H3,(H,30,35)(H,32,34). The maximum absolute atomic E-state index is 13.2. The van der Waals surface area contributed by atoms with Gasteiger partial charge in [-0.05, 0) is 43.5 Å². The van der Waals surface area contributed by atoms with Gasteiger partial charge >= 0.3 is 6.03 Å². The molecule has 36 heavy (non-hydrogen) atoms. The number of anilines is 1. The fourth-order valence-electron chi connectivity index (χ4n) is 3.86. The number of hydrogen-bond donors (Lipinski definition) is 2. The molecule has 4 aromatic rings. The van der Waals surface area contributed by atoms with Crippen LogP contribution in [0.1, 0.15) is 46.5 Å². The van der Waals surface area contributed by atoms with E-state index in [-0.39, 0.29) is 24.0 Å². The van der Waals surface area contributed by atoms with Gasteiger partial charge in [0.15, 0.2) is 0 Å². The quantitative estimate of drug-likeness (QED) is 0.284. The maximum atomic E-state index is 13.2. The molecule has 0 aliphatic heterocycles. The Morgan fingerprint density at radius 3 is 2.14 bits per heavy atom. The molecule has 3 amide bonds. The fraction of sp³-hybridized carbons (Fsp3) is 0.207. The van der Waals surface area contributed by atoms with Gasteiger partial charge in [0.2, 0.25) is 0 Å². The molecule has 0 fully saturated rings. The van der Waals surface area contributed by atoms with E-state index in [1.165, 1.54) is 11.3 Å². The van der Waals surface area contributed by atoms with Crippen LogP contribution in [0.5, 0.6) is 0 Å². The van der Waals surface area contributed by atoms with Crippen molar-refractivity contribution < 1.29 is 9.59 Å². The SMILES string of the molecule is CC(C)N(Cc1nc(C(=O)NC(Cc2ccccc2)c2ccccc2)cs1)C(=O)Nc1ccccc1. The molecular weight excluding hydrogens is 468 g/mol. The Morgan fingerprint density at radius 1 is 0.889 bits per heavy atom. The molecule has 1 heterocycles. The van der Waals surface area contributed by atoms with E-state index in [9.17, 15) is 9.59 Å². The highest BCUT2D eigenvalue weighted by atomic mass is 32.1. The van der Waals surface area contributed by atoms with Gasteiger partial charge in [0.25, 0.3) is 5.91 Å². The van der Waals surface area contributed by atoms with Crippen LogP contribution in [0.25, 0.3) is 0 Å². The second-order valence-electron chi connectivity index (χ2n) is 8.77. The van der Waals surface area contributed by atoms with Crippen LogP contribution < -0.4 is 10.6 Å². The molecule has 0 aliphatic carbocycles. The summed E-state index contributed by atoms with van der Waals surface area (Å²) in [6.07, 6.45) is 0.675. The van der Waals surface area contributed by atoms with Crippen LogP contribution in [0, 0.1) is 0 Å². The summed E-state index contributed by atoms with van der Waals surface area (Å²) in [5.74, 6) is -0.230. The van der Waals surface area contributed by atoms with Gasteiger partial charge in [0.05, 0.1) is 12.6 Å². The Bertz CT molecular complexity index is 1260. The lowest BCUT2D eigenvalue weighted by atomic mass is 9.99. The average Bonchev–Trinajstić information content (AvgIpc) is 3.37. The van der Waals surface area contributed by atoms with Gasteiger partial charge in [-0.3, -0.25) is 4.79 Å². The van der Waals surface area contributed by atoms with E-state index >= 15 is 0 Å². The number of thiazole rings is 1. The molecule has 1 aromatic heterocycles. The third-order valence-corrected chi connectivity index (χ3v) is 6.62. The van der Waals surface area contributed by atoms with Gasteiger partial charge in [-0.1, -0.05) is 78.9 Å². The van der Waals surface area contributed by atoms with Gasteiger partial charge in [-0.25, -0.2) is 9.78 Å². The Balaban J connectivity index is 1.45. The van der Waals surface area contributed by atoms with Crippen LogP contribution in [0.2, 0.25) is 0 Å². The normalized spacial score (nSPS) is 11.6. The summed E-state index contributed by atoms with van der Waals surface area (Å²) >= 11 is 1.38. The van der Waals surface area contributed by atoms with Gasteiger partial charge in [0.1, 0.15) is 10.7 Å². The summed E-state index contributed by atoms with van der Waals surface area (Å²) in [6.45, 7) is 4.24. The van der Waals surface area contributed by atoms with E-state index < -0.39 is 0 Å². The second-order valence-corrected chi connectivity index (χ2v) is 9.71. The van der Waals surface area contributed by atoms with Crippen molar-refractivity contribution in [2.75, 3.05) is 5.32 Å². The van der Waals surface area contributed by atoms with Crippen molar-refractivity contribution in [1.29, 1.82) is 0 Å². The first kappa shape index (κ1) is 25.1. The van der Waals surface area contributed by atoms with Gasteiger partial charge in [-0.2, -0.15) is 0 Å². The van der Waals surface area contributed by atoms with Crippen molar-refractivity contribution >= 4 is 29.0 Å². The maximum Gasteiger partial charge on any atom is 0.322 e. The summed E-state index contributed by atoms with van der Waals surface area (Å²) in [7, 11) is 0. The molecule has 0 aliphatic rings. The molecule has 0 spiro atoms. The topological polar surface area (TPSA) is 74.3 Å². The van der Waals surface area contributed by atoms with Crippen LogP contribution in [-0.2, 0) is 13.0 Å². The van der Waals surface area contributed by atoms with E-state index in [0.717, 1.165) is 16.8 Å². The lowest BCUT2D eigenvalue weighted by Gasteiger charge is -2.26. The van der Waals surface area contributed by atoms with Crippen LogP contribution in [0.4, 0.5) is 10.5 Å². The van der Waals surface area contributed by atoms with Crippen molar-refractivity contribution in [3.63, 3.8) is 0 Å². The highest BCUT2D eigenvalue weighted by molar-refractivity contribution is 7.09. The van der Waals surface area contributed by atoms with Crippen molar-refractivity contribution in [1.82, 2.24) is 15.2 Å². The molecule has 3 aromatic carbocycles. The Morgan fingerprint density at radius 2 is 1.50 bits per heavy atom. The highest BCUT2D eigenvalue weighted by Gasteiger charge is 2.22. The third kappa shape index (κ3) is 6.79. The second kappa shape index (κ2) is 12.1. The molecular formula is C29H30N4O2S. The number of rotatable bonds is 9.